The molecule has 2 N–H and O–H groups in total. The molecular formula is C10H15N3OS. The molecule has 1 aromatic heterocycles. The molecule has 0 spiro atoms. The number of anilines is 1. The summed E-state index contributed by atoms with van der Waals surface area (Å²) in [5.74, 6) is 0.0454. The van der Waals surface area contributed by atoms with E-state index in [1.807, 2.05) is 6.92 Å². The Morgan fingerprint density at radius 1 is 1.67 bits per heavy atom. The fraction of sp³-hybridized carbons (Fsp3) is 0.600. The number of piperidine rings is 1. The molecule has 0 saturated carbocycles. The van der Waals surface area contributed by atoms with Crippen LogP contribution in [-0.4, -0.2) is 23.5 Å². The normalized spacial score (nSPS) is 21.3. The van der Waals surface area contributed by atoms with Crippen LogP contribution in [0.25, 0.3) is 0 Å². The van der Waals surface area contributed by atoms with E-state index in [1.54, 1.807) is 6.20 Å². The Kier molecular flexibility index (Phi) is 3.33. The maximum atomic E-state index is 11.8. The van der Waals surface area contributed by atoms with Gasteiger partial charge in [-0.05, 0) is 26.3 Å². The van der Waals surface area contributed by atoms with Gasteiger partial charge in [-0.25, -0.2) is 4.98 Å². The molecule has 1 amide bonds. The Labute approximate surface area is 93.1 Å². The van der Waals surface area contributed by atoms with Gasteiger partial charge in [-0.2, -0.15) is 0 Å². The lowest BCUT2D eigenvalue weighted by Crippen LogP contribution is -2.43. The third-order valence-corrected chi connectivity index (χ3v) is 3.31. The van der Waals surface area contributed by atoms with Crippen molar-refractivity contribution >= 4 is 22.4 Å². The first kappa shape index (κ1) is 10.6. The maximum Gasteiger partial charge on any atom is 0.243 e. The lowest BCUT2D eigenvalue weighted by atomic mass is 10.0. The van der Waals surface area contributed by atoms with Crippen LogP contribution < -0.4 is 10.6 Å². The van der Waals surface area contributed by atoms with Crippen molar-refractivity contribution in [1.29, 1.82) is 0 Å². The second-order valence-electron chi connectivity index (χ2n) is 3.77. The van der Waals surface area contributed by atoms with Crippen molar-refractivity contribution in [3.05, 3.63) is 11.1 Å². The van der Waals surface area contributed by atoms with Gasteiger partial charge in [0, 0.05) is 11.1 Å². The lowest BCUT2D eigenvalue weighted by Gasteiger charge is -2.21. The number of hydrogen-bond acceptors (Lipinski definition) is 4. The zero-order chi connectivity index (χ0) is 10.7. The van der Waals surface area contributed by atoms with Crippen molar-refractivity contribution in [3.63, 3.8) is 0 Å². The van der Waals surface area contributed by atoms with Gasteiger partial charge in [0.25, 0.3) is 0 Å². The van der Waals surface area contributed by atoms with Gasteiger partial charge in [0.15, 0.2) is 5.13 Å². The molecule has 2 heterocycles. The van der Waals surface area contributed by atoms with Crippen molar-refractivity contribution in [2.75, 3.05) is 11.9 Å². The molecule has 0 bridgehead atoms. The minimum atomic E-state index is -0.0389. The number of nitrogens with one attached hydrogen (secondary N) is 2. The largest absolute Gasteiger partial charge is 0.306 e. The van der Waals surface area contributed by atoms with Gasteiger partial charge in [0.05, 0.1) is 6.04 Å². The topological polar surface area (TPSA) is 54.0 Å². The summed E-state index contributed by atoms with van der Waals surface area (Å²) in [6.07, 6.45) is 4.99. The molecule has 0 aromatic carbocycles. The Morgan fingerprint density at radius 2 is 2.53 bits per heavy atom. The lowest BCUT2D eigenvalue weighted by molar-refractivity contribution is -0.118. The summed E-state index contributed by atoms with van der Waals surface area (Å²) < 4.78 is 0. The van der Waals surface area contributed by atoms with Gasteiger partial charge < -0.3 is 10.6 Å². The summed E-state index contributed by atoms with van der Waals surface area (Å²) in [6.45, 7) is 2.92. The van der Waals surface area contributed by atoms with E-state index in [0.29, 0.717) is 5.13 Å². The van der Waals surface area contributed by atoms with Crippen LogP contribution in [0.4, 0.5) is 5.13 Å². The summed E-state index contributed by atoms with van der Waals surface area (Å²) in [7, 11) is 0. The van der Waals surface area contributed by atoms with Crippen LogP contribution in [0, 0.1) is 6.92 Å². The minimum absolute atomic E-state index is 0.0389. The van der Waals surface area contributed by atoms with Crippen molar-refractivity contribution < 1.29 is 4.79 Å². The second kappa shape index (κ2) is 4.72. The van der Waals surface area contributed by atoms with Crippen molar-refractivity contribution in [2.24, 2.45) is 0 Å². The Hall–Kier alpha value is -0.940. The smallest absolute Gasteiger partial charge is 0.243 e. The average molecular weight is 225 g/mol. The van der Waals surface area contributed by atoms with Gasteiger partial charge >= 0.3 is 0 Å². The molecule has 82 valence electrons. The van der Waals surface area contributed by atoms with E-state index in [1.165, 1.54) is 17.8 Å². The van der Waals surface area contributed by atoms with Gasteiger partial charge in [-0.15, -0.1) is 11.3 Å². The van der Waals surface area contributed by atoms with Crippen molar-refractivity contribution in [1.82, 2.24) is 10.3 Å². The van der Waals surface area contributed by atoms with Crippen LogP contribution in [0.15, 0.2) is 6.20 Å². The first-order chi connectivity index (χ1) is 7.25. The molecule has 1 aliphatic rings. The highest BCUT2D eigenvalue weighted by Gasteiger charge is 2.20. The molecule has 2 rings (SSSR count). The van der Waals surface area contributed by atoms with Crippen LogP contribution >= 0.6 is 11.3 Å². The van der Waals surface area contributed by atoms with Gasteiger partial charge in [0.2, 0.25) is 5.91 Å². The number of carbonyl (C=O) groups is 1. The van der Waals surface area contributed by atoms with E-state index < -0.39 is 0 Å². The quantitative estimate of drug-likeness (QED) is 0.802. The van der Waals surface area contributed by atoms with Crippen LogP contribution in [-0.2, 0) is 4.79 Å². The second-order valence-corrected chi connectivity index (χ2v) is 5.00. The van der Waals surface area contributed by atoms with Crippen molar-refractivity contribution in [3.8, 4) is 0 Å². The molecule has 0 aliphatic carbocycles. The Bertz CT molecular complexity index is 344. The predicted molar refractivity (Wildman–Crippen MR) is 61.1 cm³/mol. The fourth-order valence-electron chi connectivity index (χ4n) is 1.68. The highest BCUT2D eigenvalue weighted by Crippen LogP contribution is 2.17. The zero-order valence-electron chi connectivity index (χ0n) is 8.75. The highest BCUT2D eigenvalue weighted by atomic mass is 32.1. The first-order valence-corrected chi connectivity index (χ1v) is 6.04. The molecule has 0 unspecified atom stereocenters. The summed E-state index contributed by atoms with van der Waals surface area (Å²) in [6, 6.07) is -0.0389. The van der Waals surface area contributed by atoms with Crippen molar-refractivity contribution in [2.45, 2.75) is 32.2 Å². The average Bonchev–Trinajstić information content (AvgIpc) is 2.65. The monoisotopic (exact) mass is 225 g/mol. The Morgan fingerprint density at radius 3 is 3.13 bits per heavy atom. The zero-order valence-corrected chi connectivity index (χ0v) is 9.56. The molecule has 1 fully saturated rings. The summed E-state index contributed by atoms with van der Waals surface area (Å²) >= 11 is 1.51. The van der Waals surface area contributed by atoms with Crippen LogP contribution in [0.3, 0.4) is 0 Å². The van der Waals surface area contributed by atoms with E-state index in [4.69, 9.17) is 0 Å². The number of hydrogen-bond donors (Lipinski definition) is 2. The number of aromatic nitrogens is 1. The number of amides is 1. The summed E-state index contributed by atoms with van der Waals surface area (Å²) in [4.78, 5) is 17.0. The van der Waals surface area contributed by atoms with E-state index in [0.717, 1.165) is 24.3 Å². The van der Waals surface area contributed by atoms with E-state index >= 15 is 0 Å². The standard InChI is InChI=1S/C10H15N3OS/c1-7-6-12-10(15-7)13-9(14)8-4-2-3-5-11-8/h6,8,11H,2-5H2,1H3,(H,12,13,14)/t8-/m1/s1. The third-order valence-electron chi connectivity index (χ3n) is 2.48. The molecule has 0 radical (unpaired) electrons. The minimum Gasteiger partial charge on any atom is -0.306 e. The van der Waals surface area contributed by atoms with Crippen LogP contribution in [0.1, 0.15) is 24.1 Å². The molecule has 1 saturated heterocycles. The molecule has 4 nitrogen and oxygen atoms in total. The van der Waals surface area contributed by atoms with Crippen LogP contribution in [0.5, 0.6) is 0 Å². The van der Waals surface area contributed by atoms with Gasteiger partial charge in [0.1, 0.15) is 0 Å². The summed E-state index contributed by atoms with van der Waals surface area (Å²) in [5.41, 5.74) is 0. The SMILES string of the molecule is Cc1cnc(NC(=O)[C@H]2CCCCN2)s1. The highest BCUT2D eigenvalue weighted by molar-refractivity contribution is 7.15. The first-order valence-electron chi connectivity index (χ1n) is 5.22. The predicted octanol–water partition coefficient (Wildman–Crippen LogP) is 1.53. The fourth-order valence-corrected chi connectivity index (χ4v) is 2.35. The Balaban J connectivity index is 1.91. The molecular weight excluding hydrogens is 210 g/mol. The number of rotatable bonds is 2. The van der Waals surface area contributed by atoms with E-state index in [-0.39, 0.29) is 11.9 Å². The number of nitrogens with zero attached hydrogens (tertiary/aromatic N) is 1. The maximum absolute atomic E-state index is 11.8. The molecule has 1 atom stereocenters. The molecule has 5 heteroatoms. The van der Waals surface area contributed by atoms with Gasteiger partial charge in [-0.3, -0.25) is 4.79 Å². The molecule has 15 heavy (non-hydrogen) atoms. The molecule has 1 aromatic rings. The van der Waals surface area contributed by atoms with E-state index in [2.05, 4.69) is 15.6 Å². The van der Waals surface area contributed by atoms with E-state index in [9.17, 15) is 4.79 Å². The number of carbonyl (C=O) groups excluding carboxylic acids is 1. The molecule has 1 aliphatic heterocycles. The van der Waals surface area contributed by atoms with Crippen LogP contribution in [0.2, 0.25) is 0 Å². The van der Waals surface area contributed by atoms with Gasteiger partial charge in [-0.1, -0.05) is 6.42 Å². The summed E-state index contributed by atoms with van der Waals surface area (Å²) in [5, 5.41) is 6.75. The number of aryl methyl sites for hydroxylation is 1. The number of thiazole rings is 1. The third kappa shape index (κ3) is 2.76.